The summed E-state index contributed by atoms with van der Waals surface area (Å²) in [4.78, 5) is 41.6. The summed E-state index contributed by atoms with van der Waals surface area (Å²) in [6.45, 7) is 4.93. The number of benzene rings is 3. The number of carbonyl (C=O) groups is 3. The second-order valence-corrected chi connectivity index (χ2v) is 10.3. The lowest BCUT2D eigenvalue weighted by molar-refractivity contribution is -0.137. The standard InChI is InChI=1S/C32H36N2O8/c1-32(2,3)42-30(37)34-26(19-28(35)36)29(39-20-23-13-7-4-8-14-23)33-27(25-17-11-6-12-18-25)22-41-31(38)40-21-24-15-9-5-10-16-24/h4-18,26-27H,19-22H2,1-3H3,(H,34,37)(H,35,36)/t26-,27-/m1/s1. The molecule has 2 N–H and O–H groups in total. The van der Waals surface area contributed by atoms with Crippen LogP contribution >= 0.6 is 0 Å². The highest BCUT2D eigenvalue weighted by Gasteiger charge is 2.28. The number of alkyl carbamates (subject to hydrolysis) is 1. The topological polar surface area (TPSA) is 133 Å². The minimum absolute atomic E-state index is 0.0326. The Bertz CT molecular complexity index is 1310. The fourth-order valence-electron chi connectivity index (χ4n) is 3.73. The molecule has 10 heteroatoms. The molecular formula is C32H36N2O8. The highest BCUT2D eigenvalue weighted by Crippen LogP contribution is 2.21. The summed E-state index contributed by atoms with van der Waals surface area (Å²) < 4.78 is 22.0. The molecule has 0 bridgehead atoms. The zero-order valence-corrected chi connectivity index (χ0v) is 23.9. The number of carboxylic acids is 1. The van der Waals surface area contributed by atoms with E-state index in [-0.39, 0.29) is 25.7 Å². The van der Waals surface area contributed by atoms with Crippen molar-refractivity contribution in [2.24, 2.45) is 4.99 Å². The predicted octanol–water partition coefficient (Wildman–Crippen LogP) is 6.06. The van der Waals surface area contributed by atoms with Crippen LogP contribution in [0, 0.1) is 0 Å². The van der Waals surface area contributed by atoms with E-state index in [1.54, 1.807) is 45.0 Å². The van der Waals surface area contributed by atoms with Crippen LogP contribution in [0.25, 0.3) is 0 Å². The predicted molar refractivity (Wildman–Crippen MR) is 156 cm³/mol. The van der Waals surface area contributed by atoms with Crippen molar-refractivity contribution in [3.8, 4) is 0 Å². The Morgan fingerprint density at radius 1 is 0.786 bits per heavy atom. The first-order valence-corrected chi connectivity index (χ1v) is 13.4. The van der Waals surface area contributed by atoms with Crippen molar-refractivity contribution < 1.29 is 38.4 Å². The highest BCUT2D eigenvalue weighted by atomic mass is 16.7. The first-order valence-electron chi connectivity index (χ1n) is 13.4. The molecular weight excluding hydrogens is 540 g/mol. The normalized spacial score (nSPS) is 12.9. The quantitative estimate of drug-likeness (QED) is 0.151. The van der Waals surface area contributed by atoms with Crippen LogP contribution in [-0.4, -0.2) is 47.5 Å². The molecule has 0 heterocycles. The van der Waals surface area contributed by atoms with Gasteiger partial charge in [-0.2, -0.15) is 0 Å². The van der Waals surface area contributed by atoms with Crippen LogP contribution in [0.4, 0.5) is 9.59 Å². The second kappa shape index (κ2) is 15.8. The van der Waals surface area contributed by atoms with Gasteiger partial charge in [0.05, 0.1) is 6.42 Å². The van der Waals surface area contributed by atoms with Crippen molar-refractivity contribution in [1.29, 1.82) is 0 Å². The number of hydrogen-bond donors (Lipinski definition) is 2. The van der Waals surface area contributed by atoms with E-state index in [4.69, 9.17) is 18.9 Å². The molecule has 0 aliphatic carbocycles. The minimum Gasteiger partial charge on any atom is -0.481 e. The number of aliphatic carboxylic acids is 1. The van der Waals surface area contributed by atoms with Crippen LogP contribution in [0.1, 0.15) is 49.9 Å². The summed E-state index contributed by atoms with van der Waals surface area (Å²) in [5.74, 6) is -1.26. The lowest BCUT2D eigenvalue weighted by atomic mass is 10.1. The molecule has 0 aliphatic rings. The van der Waals surface area contributed by atoms with Crippen LogP contribution in [0.5, 0.6) is 0 Å². The maximum atomic E-state index is 12.7. The lowest BCUT2D eigenvalue weighted by Gasteiger charge is -2.25. The SMILES string of the molecule is CC(C)(C)OC(=O)N[C@H](CC(=O)O)C(=N[C@H](COC(=O)OCc1ccccc1)c1ccccc1)OCc1ccccc1. The Balaban J connectivity index is 1.88. The molecule has 0 saturated heterocycles. The van der Waals surface area contributed by atoms with E-state index in [1.165, 1.54) is 0 Å². The summed E-state index contributed by atoms with van der Waals surface area (Å²) in [5.41, 5.74) is 1.45. The molecule has 0 spiro atoms. The molecule has 0 unspecified atom stereocenters. The van der Waals surface area contributed by atoms with Crippen LogP contribution in [-0.2, 0) is 37.0 Å². The van der Waals surface area contributed by atoms with Crippen LogP contribution in [0.3, 0.4) is 0 Å². The largest absolute Gasteiger partial charge is 0.508 e. The fourth-order valence-corrected chi connectivity index (χ4v) is 3.73. The van der Waals surface area contributed by atoms with Gasteiger partial charge in [-0.1, -0.05) is 91.0 Å². The Kier molecular flexibility index (Phi) is 11.9. The van der Waals surface area contributed by atoms with E-state index in [2.05, 4.69) is 10.3 Å². The number of hydrogen-bond acceptors (Lipinski definition) is 8. The molecule has 0 aromatic heterocycles. The number of carbonyl (C=O) groups excluding carboxylic acids is 2. The first kappa shape index (κ1) is 31.7. The average Bonchev–Trinajstić information content (AvgIpc) is 2.95. The fraction of sp³-hybridized carbons (Fsp3) is 0.312. The second-order valence-electron chi connectivity index (χ2n) is 10.3. The van der Waals surface area contributed by atoms with E-state index >= 15 is 0 Å². The van der Waals surface area contributed by atoms with Crippen molar-refractivity contribution >= 4 is 24.1 Å². The Labute approximate surface area is 245 Å². The zero-order valence-electron chi connectivity index (χ0n) is 23.9. The van der Waals surface area contributed by atoms with E-state index in [9.17, 15) is 19.5 Å². The Morgan fingerprint density at radius 3 is 1.83 bits per heavy atom. The molecule has 3 aromatic carbocycles. The van der Waals surface area contributed by atoms with Gasteiger partial charge in [0.1, 0.15) is 37.5 Å². The number of rotatable bonds is 12. The number of carboxylic acid groups (broad SMARTS) is 1. The smallest absolute Gasteiger partial charge is 0.481 e. The maximum Gasteiger partial charge on any atom is 0.508 e. The number of nitrogens with zero attached hydrogens (tertiary/aromatic N) is 1. The third-order valence-corrected chi connectivity index (χ3v) is 5.62. The molecule has 0 saturated carbocycles. The molecule has 0 radical (unpaired) electrons. The van der Waals surface area contributed by atoms with Gasteiger partial charge in [0.15, 0.2) is 0 Å². The van der Waals surface area contributed by atoms with Gasteiger partial charge in [0.25, 0.3) is 0 Å². The third kappa shape index (κ3) is 11.7. The highest BCUT2D eigenvalue weighted by molar-refractivity contribution is 5.89. The Hall–Kier alpha value is -4.86. The number of nitrogens with one attached hydrogen (secondary N) is 1. The van der Waals surface area contributed by atoms with Gasteiger partial charge in [-0.25, -0.2) is 14.6 Å². The van der Waals surface area contributed by atoms with Crippen molar-refractivity contribution in [2.45, 2.75) is 58.1 Å². The van der Waals surface area contributed by atoms with Crippen molar-refractivity contribution in [2.75, 3.05) is 6.61 Å². The molecule has 3 rings (SSSR count). The van der Waals surface area contributed by atoms with Gasteiger partial charge in [0.2, 0.25) is 5.90 Å². The zero-order chi connectivity index (χ0) is 30.4. The molecule has 0 fully saturated rings. The maximum absolute atomic E-state index is 12.7. The van der Waals surface area contributed by atoms with Crippen LogP contribution < -0.4 is 5.32 Å². The van der Waals surface area contributed by atoms with Gasteiger partial charge in [-0.3, -0.25) is 4.79 Å². The van der Waals surface area contributed by atoms with Crippen molar-refractivity contribution in [3.63, 3.8) is 0 Å². The molecule has 10 nitrogen and oxygen atoms in total. The summed E-state index contributed by atoms with van der Waals surface area (Å²) in [5, 5.41) is 12.2. The summed E-state index contributed by atoms with van der Waals surface area (Å²) in [7, 11) is 0. The number of ether oxygens (including phenoxy) is 4. The van der Waals surface area contributed by atoms with Crippen molar-refractivity contribution in [1.82, 2.24) is 5.32 Å². The van der Waals surface area contributed by atoms with Gasteiger partial charge in [0, 0.05) is 0 Å². The van der Waals surface area contributed by atoms with Gasteiger partial charge >= 0.3 is 18.2 Å². The number of amides is 1. The van der Waals surface area contributed by atoms with Gasteiger partial charge < -0.3 is 29.4 Å². The molecule has 42 heavy (non-hydrogen) atoms. The molecule has 222 valence electrons. The Morgan fingerprint density at radius 2 is 1.31 bits per heavy atom. The van der Waals surface area contributed by atoms with E-state index < -0.39 is 42.3 Å². The van der Waals surface area contributed by atoms with Crippen LogP contribution in [0.2, 0.25) is 0 Å². The van der Waals surface area contributed by atoms with E-state index in [0.717, 1.165) is 11.1 Å². The van der Waals surface area contributed by atoms with Gasteiger partial charge in [-0.05, 0) is 37.5 Å². The van der Waals surface area contributed by atoms with E-state index in [1.807, 2.05) is 66.7 Å². The average molecular weight is 577 g/mol. The first-order chi connectivity index (χ1) is 20.1. The molecule has 1 amide bonds. The lowest BCUT2D eigenvalue weighted by Crippen LogP contribution is -2.45. The minimum atomic E-state index is -1.19. The summed E-state index contributed by atoms with van der Waals surface area (Å²) >= 11 is 0. The number of aliphatic imine (C=N–C) groups is 1. The van der Waals surface area contributed by atoms with E-state index in [0.29, 0.717) is 5.56 Å². The monoisotopic (exact) mass is 576 g/mol. The molecule has 3 aromatic rings. The van der Waals surface area contributed by atoms with Crippen molar-refractivity contribution in [3.05, 3.63) is 108 Å². The molecule has 2 atom stereocenters. The third-order valence-electron chi connectivity index (χ3n) is 5.62. The summed E-state index contributed by atoms with van der Waals surface area (Å²) in [6.07, 6.45) is -2.26. The summed E-state index contributed by atoms with van der Waals surface area (Å²) in [6, 6.07) is 25.4. The molecule has 0 aliphatic heterocycles. The van der Waals surface area contributed by atoms with Gasteiger partial charge in [-0.15, -0.1) is 0 Å². The van der Waals surface area contributed by atoms with Crippen LogP contribution in [0.15, 0.2) is 96.0 Å².